The molecule has 0 aromatic carbocycles. The van der Waals surface area contributed by atoms with Crippen molar-refractivity contribution in [2.24, 2.45) is 0 Å². The second-order valence-electron chi connectivity index (χ2n) is 4.28. The third-order valence-corrected chi connectivity index (χ3v) is 3.02. The van der Waals surface area contributed by atoms with Crippen molar-refractivity contribution in [2.45, 2.75) is 25.8 Å². The molecule has 4 heteroatoms. The molecule has 0 saturated carbocycles. The summed E-state index contributed by atoms with van der Waals surface area (Å²) < 4.78 is 0. The van der Waals surface area contributed by atoms with Crippen molar-refractivity contribution in [3.05, 3.63) is 0 Å². The molecule has 1 N–H and O–H groups in total. The van der Waals surface area contributed by atoms with Gasteiger partial charge >= 0.3 is 6.03 Å². The van der Waals surface area contributed by atoms with Crippen LogP contribution in [0.2, 0.25) is 0 Å². The number of carbonyl (C=O) groups excluding carboxylic acids is 1. The molecule has 2 aliphatic heterocycles. The molecule has 0 bridgehead atoms. The van der Waals surface area contributed by atoms with Crippen LogP contribution in [0.15, 0.2) is 0 Å². The van der Waals surface area contributed by atoms with Crippen LogP contribution < -0.4 is 5.32 Å². The van der Waals surface area contributed by atoms with E-state index in [-0.39, 0.29) is 6.03 Å². The minimum absolute atomic E-state index is 0.246. The highest BCUT2D eigenvalue weighted by Crippen LogP contribution is 2.11. The van der Waals surface area contributed by atoms with Crippen LogP contribution in [-0.2, 0) is 0 Å². The zero-order valence-corrected chi connectivity index (χ0v) is 8.83. The Hall–Kier alpha value is -0.770. The van der Waals surface area contributed by atoms with E-state index in [4.69, 9.17) is 0 Å². The summed E-state index contributed by atoms with van der Waals surface area (Å²) in [7, 11) is 0. The molecule has 0 unspecified atom stereocenters. The lowest BCUT2D eigenvalue weighted by molar-refractivity contribution is 0.147. The molecule has 80 valence electrons. The fourth-order valence-corrected chi connectivity index (χ4v) is 2.21. The van der Waals surface area contributed by atoms with Crippen LogP contribution in [0, 0.1) is 0 Å². The fourth-order valence-electron chi connectivity index (χ4n) is 2.21. The number of likely N-dealkylation sites (tertiary alicyclic amines) is 1. The van der Waals surface area contributed by atoms with Gasteiger partial charge in [0.05, 0.1) is 0 Å². The molecule has 0 spiro atoms. The van der Waals surface area contributed by atoms with Crippen molar-refractivity contribution in [3.8, 4) is 0 Å². The lowest BCUT2D eigenvalue weighted by Crippen LogP contribution is -2.54. The van der Waals surface area contributed by atoms with Gasteiger partial charge in [-0.15, -0.1) is 0 Å². The Kier molecular flexibility index (Phi) is 2.91. The molecule has 0 aromatic heterocycles. The smallest absolute Gasteiger partial charge is 0.320 e. The van der Waals surface area contributed by atoms with Crippen LogP contribution in [0.4, 0.5) is 4.79 Å². The summed E-state index contributed by atoms with van der Waals surface area (Å²) in [6.45, 7) is 6.69. The third-order valence-electron chi connectivity index (χ3n) is 3.02. The van der Waals surface area contributed by atoms with E-state index >= 15 is 0 Å². The van der Waals surface area contributed by atoms with E-state index in [0.29, 0.717) is 6.04 Å². The summed E-state index contributed by atoms with van der Waals surface area (Å²) in [5, 5.41) is 3.34. The van der Waals surface area contributed by atoms with Crippen molar-refractivity contribution in [2.75, 3.05) is 32.7 Å². The van der Waals surface area contributed by atoms with E-state index < -0.39 is 0 Å². The average Bonchev–Trinajstić information content (AvgIpc) is 2.69. The van der Waals surface area contributed by atoms with E-state index in [1.165, 1.54) is 12.8 Å². The Bertz CT molecular complexity index is 213. The number of urea groups is 1. The topological polar surface area (TPSA) is 35.6 Å². The molecule has 0 aromatic rings. The van der Waals surface area contributed by atoms with Gasteiger partial charge in [-0.25, -0.2) is 4.79 Å². The molecule has 4 nitrogen and oxygen atoms in total. The van der Waals surface area contributed by atoms with Crippen LogP contribution >= 0.6 is 0 Å². The number of hydrogen-bond acceptors (Lipinski definition) is 2. The second kappa shape index (κ2) is 4.17. The lowest BCUT2D eigenvalue weighted by Gasteiger charge is -2.34. The van der Waals surface area contributed by atoms with E-state index in [1.807, 2.05) is 9.80 Å². The van der Waals surface area contributed by atoms with Crippen LogP contribution in [0.1, 0.15) is 19.8 Å². The first-order valence-corrected chi connectivity index (χ1v) is 5.54. The van der Waals surface area contributed by atoms with Crippen molar-refractivity contribution in [3.63, 3.8) is 0 Å². The molecular formula is C10H19N3O. The third kappa shape index (κ3) is 2.00. The monoisotopic (exact) mass is 197 g/mol. The van der Waals surface area contributed by atoms with Gasteiger partial charge < -0.3 is 15.1 Å². The Morgan fingerprint density at radius 2 is 1.93 bits per heavy atom. The quantitative estimate of drug-likeness (QED) is 0.613. The van der Waals surface area contributed by atoms with Crippen molar-refractivity contribution in [1.82, 2.24) is 15.1 Å². The molecule has 1 atom stereocenters. The van der Waals surface area contributed by atoms with Gasteiger partial charge in [-0.05, 0) is 19.8 Å². The minimum Gasteiger partial charge on any atom is -0.325 e. The van der Waals surface area contributed by atoms with E-state index in [9.17, 15) is 4.79 Å². The molecule has 2 fully saturated rings. The molecule has 0 radical (unpaired) electrons. The molecule has 2 rings (SSSR count). The predicted octanol–water partition coefficient (Wildman–Crippen LogP) is 0.496. The number of nitrogens with one attached hydrogen (secondary N) is 1. The summed E-state index contributed by atoms with van der Waals surface area (Å²) in [5.41, 5.74) is 0. The number of carbonyl (C=O) groups is 1. The van der Waals surface area contributed by atoms with Gasteiger partial charge in [-0.1, -0.05) is 0 Å². The van der Waals surface area contributed by atoms with Crippen LogP contribution in [-0.4, -0.2) is 54.6 Å². The highest BCUT2D eigenvalue weighted by atomic mass is 16.2. The molecule has 14 heavy (non-hydrogen) atoms. The fraction of sp³-hybridized carbons (Fsp3) is 0.900. The zero-order chi connectivity index (χ0) is 9.97. The lowest BCUT2D eigenvalue weighted by atomic mass is 10.2. The molecule has 2 aliphatic rings. The maximum Gasteiger partial charge on any atom is 0.320 e. The van der Waals surface area contributed by atoms with E-state index in [2.05, 4.69) is 12.2 Å². The molecule has 2 heterocycles. The minimum atomic E-state index is 0.246. The number of hydrogen-bond donors (Lipinski definition) is 1. The van der Waals surface area contributed by atoms with Crippen molar-refractivity contribution < 1.29 is 4.79 Å². The zero-order valence-electron chi connectivity index (χ0n) is 8.83. The Morgan fingerprint density at radius 3 is 2.57 bits per heavy atom. The van der Waals surface area contributed by atoms with Gasteiger partial charge in [0, 0.05) is 38.8 Å². The first-order chi connectivity index (χ1) is 6.77. The SMILES string of the molecule is C[C@@H]1CN(C(=O)N2CCCC2)CCN1. The first kappa shape index (κ1) is 9.77. The first-order valence-electron chi connectivity index (χ1n) is 5.54. The standard InChI is InChI=1S/C10H19N3O/c1-9-8-13(7-4-11-9)10(14)12-5-2-3-6-12/h9,11H,2-8H2,1H3/t9-/m1/s1. The van der Waals surface area contributed by atoms with Gasteiger partial charge in [-0.3, -0.25) is 0 Å². The Labute approximate surface area is 85.2 Å². The van der Waals surface area contributed by atoms with Crippen molar-refractivity contribution >= 4 is 6.03 Å². The summed E-state index contributed by atoms with van der Waals surface area (Å²) in [6.07, 6.45) is 2.35. The maximum absolute atomic E-state index is 12.0. The largest absolute Gasteiger partial charge is 0.325 e. The highest BCUT2D eigenvalue weighted by Gasteiger charge is 2.26. The normalized spacial score (nSPS) is 28.2. The molecular weight excluding hydrogens is 178 g/mol. The summed E-state index contributed by atoms with van der Waals surface area (Å²) in [5.74, 6) is 0. The number of nitrogens with zero attached hydrogens (tertiary/aromatic N) is 2. The molecule has 2 saturated heterocycles. The highest BCUT2D eigenvalue weighted by molar-refractivity contribution is 5.74. The van der Waals surface area contributed by atoms with E-state index in [1.54, 1.807) is 0 Å². The predicted molar refractivity (Wildman–Crippen MR) is 55.2 cm³/mol. The van der Waals surface area contributed by atoms with Gasteiger partial charge in [0.1, 0.15) is 0 Å². The van der Waals surface area contributed by atoms with Crippen LogP contribution in [0.3, 0.4) is 0 Å². The summed E-state index contributed by atoms with van der Waals surface area (Å²) in [6, 6.07) is 0.686. The molecule has 2 amide bonds. The van der Waals surface area contributed by atoms with Gasteiger partial charge in [0.25, 0.3) is 0 Å². The average molecular weight is 197 g/mol. The van der Waals surface area contributed by atoms with Gasteiger partial charge in [-0.2, -0.15) is 0 Å². The Balaban J connectivity index is 1.89. The second-order valence-corrected chi connectivity index (χ2v) is 4.28. The summed E-state index contributed by atoms with van der Waals surface area (Å²) in [4.78, 5) is 15.9. The number of rotatable bonds is 0. The molecule has 0 aliphatic carbocycles. The number of amides is 2. The maximum atomic E-state index is 12.0. The van der Waals surface area contributed by atoms with Crippen molar-refractivity contribution in [1.29, 1.82) is 0 Å². The van der Waals surface area contributed by atoms with Gasteiger partial charge in [0.2, 0.25) is 0 Å². The van der Waals surface area contributed by atoms with E-state index in [0.717, 1.165) is 32.7 Å². The number of piperazine rings is 1. The van der Waals surface area contributed by atoms with Gasteiger partial charge in [0.15, 0.2) is 0 Å². The van der Waals surface area contributed by atoms with Crippen LogP contribution in [0.25, 0.3) is 0 Å². The summed E-state index contributed by atoms with van der Waals surface area (Å²) >= 11 is 0. The Morgan fingerprint density at radius 1 is 1.21 bits per heavy atom. The van der Waals surface area contributed by atoms with Crippen LogP contribution in [0.5, 0.6) is 0 Å².